The Morgan fingerprint density at radius 2 is 1.86 bits per heavy atom. The van der Waals surface area contributed by atoms with Crippen LogP contribution in [0.3, 0.4) is 0 Å². The summed E-state index contributed by atoms with van der Waals surface area (Å²) in [5.74, 6) is -4.18. The second-order valence-electron chi connectivity index (χ2n) is 5.68. The van der Waals surface area contributed by atoms with Gasteiger partial charge in [-0.25, -0.2) is 0 Å². The number of halogens is 3. The second-order valence-corrected chi connectivity index (χ2v) is 5.68. The van der Waals surface area contributed by atoms with Crippen molar-refractivity contribution in [2.24, 2.45) is 17.8 Å². The quantitative estimate of drug-likeness (QED) is 0.750. The van der Waals surface area contributed by atoms with Crippen molar-refractivity contribution in [2.75, 3.05) is 20.7 Å². The predicted octanol–water partition coefficient (Wildman–Crippen LogP) is 2.62. The molecular formula is C14H22F3NO3. The van der Waals surface area contributed by atoms with Crippen molar-refractivity contribution in [2.45, 2.75) is 38.8 Å². The minimum Gasteiger partial charge on any atom is -0.469 e. The maximum Gasteiger partial charge on any atom is 0.392 e. The van der Waals surface area contributed by atoms with Gasteiger partial charge >= 0.3 is 12.1 Å². The SMILES string of the molecule is COC(=O)C(C)CN(C)C(=O)C1CCCCC1C(F)(F)F. The highest BCUT2D eigenvalue weighted by atomic mass is 19.4. The molecule has 1 fully saturated rings. The molecule has 21 heavy (non-hydrogen) atoms. The van der Waals surface area contributed by atoms with Crippen molar-refractivity contribution < 1.29 is 27.5 Å². The molecule has 3 atom stereocenters. The summed E-state index contributed by atoms with van der Waals surface area (Å²) in [6.07, 6.45) is -2.98. The van der Waals surface area contributed by atoms with Crippen molar-refractivity contribution >= 4 is 11.9 Å². The molecule has 4 nitrogen and oxygen atoms in total. The Hall–Kier alpha value is -1.27. The van der Waals surface area contributed by atoms with Crippen molar-refractivity contribution in [1.29, 1.82) is 0 Å². The molecule has 122 valence electrons. The highest BCUT2D eigenvalue weighted by Crippen LogP contribution is 2.42. The molecule has 1 saturated carbocycles. The normalized spacial score (nSPS) is 24.3. The zero-order chi connectivity index (χ0) is 16.2. The highest BCUT2D eigenvalue weighted by molar-refractivity contribution is 5.80. The van der Waals surface area contributed by atoms with Gasteiger partial charge < -0.3 is 9.64 Å². The lowest BCUT2D eigenvalue weighted by Crippen LogP contribution is -2.45. The summed E-state index contributed by atoms with van der Waals surface area (Å²) in [7, 11) is 2.67. The molecule has 7 heteroatoms. The van der Waals surface area contributed by atoms with E-state index in [2.05, 4.69) is 4.74 Å². The predicted molar refractivity (Wildman–Crippen MR) is 70.3 cm³/mol. The number of carbonyl (C=O) groups excluding carboxylic acids is 2. The number of nitrogens with zero attached hydrogens (tertiary/aromatic N) is 1. The molecule has 1 rings (SSSR count). The molecule has 0 aromatic carbocycles. The van der Waals surface area contributed by atoms with Gasteiger partial charge in [0.25, 0.3) is 0 Å². The van der Waals surface area contributed by atoms with E-state index in [1.54, 1.807) is 6.92 Å². The summed E-state index contributed by atoms with van der Waals surface area (Å²) in [5, 5.41) is 0. The van der Waals surface area contributed by atoms with Crippen molar-refractivity contribution in [3.8, 4) is 0 Å². The van der Waals surface area contributed by atoms with Crippen LogP contribution >= 0.6 is 0 Å². The fourth-order valence-electron chi connectivity index (χ4n) is 2.88. The molecule has 0 bridgehead atoms. The monoisotopic (exact) mass is 309 g/mol. The van der Waals surface area contributed by atoms with Crippen LogP contribution < -0.4 is 0 Å². The Bertz CT molecular complexity index is 384. The maximum atomic E-state index is 13.0. The van der Waals surface area contributed by atoms with Gasteiger partial charge in [0.05, 0.1) is 18.9 Å². The maximum absolute atomic E-state index is 13.0. The fraction of sp³-hybridized carbons (Fsp3) is 0.857. The zero-order valence-corrected chi connectivity index (χ0v) is 12.6. The van der Waals surface area contributed by atoms with E-state index < -0.39 is 35.8 Å². The van der Waals surface area contributed by atoms with Crippen LogP contribution in [0.1, 0.15) is 32.6 Å². The van der Waals surface area contributed by atoms with Crippen molar-refractivity contribution in [1.82, 2.24) is 4.90 Å². The van der Waals surface area contributed by atoms with E-state index in [-0.39, 0.29) is 19.4 Å². The van der Waals surface area contributed by atoms with E-state index in [4.69, 9.17) is 0 Å². The Kier molecular flexibility index (Phi) is 6.04. The summed E-state index contributed by atoms with van der Waals surface area (Å²) in [6.45, 7) is 1.64. The van der Waals surface area contributed by atoms with E-state index in [0.717, 1.165) is 0 Å². The van der Waals surface area contributed by atoms with Gasteiger partial charge in [-0.2, -0.15) is 13.2 Å². The van der Waals surface area contributed by atoms with Crippen LogP contribution in [0.5, 0.6) is 0 Å². The molecule has 1 amide bonds. The fourth-order valence-corrected chi connectivity index (χ4v) is 2.88. The first kappa shape index (κ1) is 17.8. The number of rotatable bonds is 4. The van der Waals surface area contributed by atoms with Crippen LogP contribution in [0, 0.1) is 17.8 Å². The lowest BCUT2D eigenvalue weighted by atomic mass is 9.78. The molecule has 0 saturated heterocycles. The average molecular weight is 309 g/mol. The van der Waals surface area contributed by atoms with Gasteiger partial charge in [0, 0.05) is 19.5 Å². The lowest BCUT2D eigenvalue weighted by molar-refractivity contribution is -0.200. The minimum atomic E-state index is -4.35. The number of amides is 1. The van der Waals surface area contributed by atoms with Crippen LogP contribution in [0.4, 0.5) is 13.2 Å². The summed E-state index contributed by atoms with van der Waals surface area (Å²) < 4.78 is 43.6. The number of esters is 1. The van der Waals surface area contributed by atoms with Crippen molar-refractivity contribution in [3.63, 3.8) is 0 Å². The van der Waals surface area contributed by atoms with E-state index in [9.17, 15) is 22.8 Å². The molecule has 0 radical (unpaired) electrons. The van der Waals surface area contributed by atoms with Crippen LogP contribution in [-0.2, 0) is 14.3 Å². The zero-order valence-electron chi connectivity index (χ0n) is 12.6. The number of hydrogen-bond acceptors (Lipinski definition) is 3. The summed E-state index contributed by atoms with van der Waals surface area (Å²) in [5.41, 5.74) is 0. The Labute approximate surface area is 122 Å². The molecule has 0 aromatic heterocycles. The van der Waals surface area contributed by atoms with E-state index in [0.29, 0.717) is 12.8 Å². The molecule has 0 spiro atoms. The summed E-state index contributed by atoms with van der Waals surface area (Å²) in [6, 6.07) is 0. The number of alkyl halides is 3. The minimum absolute atomic E-state index is 0.000300. The van der Waals surface area contributed by atoms with Crippen LogP contribution in [0.2, 0.25) is 0 Å². The Balaban J connectivity index is 2.73. The third-order valence-corrected chi connectivity index (χ3v) is 4.03. The topological polar surface area (TPSA) is 46.6 Å². The highest BCUT2D eigenvalue weighted by Gasteiger charge is 2.48. The van der Waals surface area contributed by atoms with Gasteiger partial charge in [0.1, 0.15) is 0 Å². The third-order valence-electron chi connectivity index (χ3n) is 4.03. The molecule has 0 N–H and O–H groups in total. The van der Waals surface area contributed by atoms with Gasteiger partial charge in [-0.1, -0.05) is 19.8 Å². The molecule has 0 aliphatic heterocycles. The van der Waals surface area contributed by atoms with E-state index >= 15 is 0 Å². The Morgan fingerprint density at radius 3 is 2.38 bits per heavy atom. The molecule has 0 heterocycles. The van der Waals surface area contributed by atoms with E-state index in [1.165, 1.54) is 19.1 Å². The van der Waals surface area contributed by atoms with Crippen LogP contribution in [0.25, 0.3) is 0 Å². The second kappa shape index (κ2) is 7.13. The smallest absolute Gasteiger partial charge is 0.392 e. The number of ether oxygens (including phenoxy) is 1. The first-order valence-corrected chi connectivity index (χ1v) is 7.08. The standard InChI is InChI=1S/C14H22F3NO3/c1-9(13(20)21-3)8-18(2)12(19)10-6-4-5-7-11(10)14(15,16)17/h9-11H,4-8H2,1-3H3. The van der Waals surface area contributed by atoms with Gasteiger partial charge in [0.15, 0.2) is 0 Å². The first-order valence-electron chi connectivity index (χ1n) is 7.08. The molecule has 0 aromatic rings. The summed E-state index contributed by atoms with van der Waals surface area (Å²) >= 11 is 0. The van der Waals surface area contributed by atoms with E-state index in [1.807, 2.05) is 0 Å². The van der Waals surface area contributed by atoms with Crippen LogP contribution in [-0.4, -0.2) is 43.7 Å². The number of carbonyl (C=O) groups is 2. The number of hydrogen-bond donors (Lipinski definition) is 0. The van der Waals surface area contributed by atoms with Gasteiger partial charge in [-0.05, 0) is 12.8 Å². The largest absolute Gasteiger partial charge is 0.469 e. The molecule has 3 unspecified atom stereocenters. The van der Waals surface area contributed by atoms with Crippen molar-refractivity contribution in [3.05, 3.63) is 0 Å². The summed E-state index contributed by atoms with van der Waals surface area (Å²) in [4.78, 5) is 24.8. The van der Waals surface area contributed by atoms with Crippen LogP contribution in [0.15, 0.2) is 0 Å². The third kappa shape index (κ3) is 4.61. The molecular weight excluding hydrogens is 287 g/mol. The Morgan fingerprint density at radius 1 is 1.29 bits per heavy atom. The average Bonchev–Trinajstić information content (AvgIpc) is 2.44. The van der Waals surface area contributed by atoms with Gasteiger partial charge in [0.2, 0.25) is 5.91 Å². The van der Waals surface area contributed by atoms with Gasteiger partial charge in [-0.15, -0.1) is 0 Å². The molecule has 1 aliphatic carbocycles. The molecule has 1 aliphatic rings. The van der Waals surface area contributed by atoms with Gasteiger partial charge in [-0.3, -0.25) is 9.59 Å². The lowest BCUT2D eigenvalue weighted by Gasteiger charge is -2.34. The number of methoxy groups -OCH3 is 1. The first-order chi connectivity index (χ1) is 9.68.